The minimum atomic E-state index is -3.45. The van der Waals surface area contributed by atoms with E-state index in [2.05, 4.69) is 10.2 Å². The average molecular weight is 351 g/mol. The summed E-state index contributed by atoms with van der Waals surface area (Å²) >= 11 is 0. The van der Waals surface area contributed by atoms with Crippen molar-refractivity contribution in [3.8, 4) is 0 Å². The fourth-order valence-electron chi connectivity index (χ4n) is 2.24. The summed E-state index contributed by atoms with van der Waals surface area (Å²) in [4.78, 5) is 12.2. The van der Waals surface area contributed by atoms with E-state index in [9.17, 15) is 13.2 Å². The number of hydrogen-bond donors (Lipinski definition) is 1. The highest BCUT2D eigenvalue weighted by Crippen LogP contribution is 2.19. The van der Waals surface area contributed by atoms with Crippen LogP contribution in [0, 0.1) is 6.92 Å². The molecule has 2 rings (SSSR count). The van der Waals surface area contributed by atoms with Crippen LogP contribution in [-0.2, 0) is 21.2 Å². The monoisotopic (exact) mass is 351 g/mol. The Kier molecular flexibility index (Phi) is 5.40. The number of aromatic nitrogens is 2. The quantitative estimate of drug-likeness (QED) is 0.800. The topological polar surface area (TPSA) is 92.4 Å². The molecule has 0 aliphatic carbocycles. The Bertz CT molecular complexity index is 824. The summed E-state index contributed by atoms with van der Waals surface area (Å²) in [5.74, 6) is -0.445. The van der Waals surface area contributed by atoms with Crippen molar-refractivity contribution in [3.63, 3.8) is 0 Å². The first-order valence-corrected chi connectivity index (χ1v) is 8.93. The van der Waals surface area contributed by atoms with Gasteiger partial charge < -0.3 is 4.74 Å². The number of benzene rings is 1. The molecule has 1 aromatic heterocycles. The first kappa shape index (κ1) is 18.2. The molecule has 0 amide bonds. The first-order chi connectivity index (χ1) is 11.3. The molecule has 0 atom stereocenters. The maximum absolute atomic E-state index is 12.1. The number of ether oxygens (including phenoxy) is 1. The zero-order chi connectivity index (χ0) is 17.9. The van der Waals surface area contributed by atoms with Crippen LogP contribution in [0.4, 0.5) is 0 Å². The summed E-state index contributed by atoms with van der Waals surface area (Å²) < 4.78 is 30.3. The van der Waals surface area contributed by atoms with Gasteiger partial charge in [0.1, 0.15) is 5.69 Å². The van der Waals surface area contributed by atoms with E-state index in [0.29, 0.717) is 17.8 Å². The predicted octanol–water partition coefficient (Wildman–Crippen LogP) is 1.74. The lowest BCUT2D eigenvalue weighted by molar-refractivity contribution is 0.0518. The van der Waals surface area contributed by atoms with E-state index >= 15 is 0 Å². The molecular weight excluding hydrogens is 330 g/mol. The van der Waals surface area contributed by atoms with Crippen molar-refractivity contribution in [2.24, 2.45) is 0 Å². The Labute approximate surface area is 141 Å². The van der Waals surface area contributed by atoms with Gasteiger partial charge >= 0.3 is 5.97 Å². The third kappa shape index (κ3) is 3.65. The smallest absolute Gasteiger partial charge is 0.356 e. The summed E-state index contributed by atoms with van der Waals surface area (Å²) in [6.45, 7) is 3.83. The van der Waals surface area contributed by atoms with Crippen molar-refractivity contribution in [2.45, 2.75) is 25.2 Å². The Morgan fingerprint density at radius 3 is 2.42 bits per heavy atom. The van der Waals surface area contributed by atoms with E-state index in [-0.39, 0.29) is 11.5 Å². The van der Waals surface area contributed by atoms with Crippen LogP contribution in [0.3, 0.4) is 0 Å². The van der Waals surface area contributed by atoms with E-state index < -0.39 is 16.0 Å². The molecule has 1 N–H and O–H groups in total. The summed E-state index contributed by atoms with van der Waals surface area (Å²) in [5, 5.41) is 6.77. The highest BCUT2D eigenvalue weighted by molar-refractivity contribution is 7.89. The summed E-state index contributed by atoms with van der Waals surface area (Å²) in [6.07, 6.45) is 0.457. The van der Waals surface area contributed by atoms with Crippen molar-refractivity contribution in [1.29, 1.82) is 0 Å². The molecule has 24 heavy (non-hydrogen) atoms. The van der Waals surface area contributed by atoms with Crippen molar-refractivity contribution < 1.29 is 17.9 Å². The standard InChI is InChI=1S/C16H21N3O4S/c1-5-23-16(20)15-14(11(2)17-18-15)10-12-6-8-13(9-7-12)24(21,22)19(3)4/h6-9H,5,10H2,1-4H3,(H,17,18). The number of H-pyrrole nitrogens is 1. The van der Waals surface area contributed by atoms with Crippen LogP contribution in [-0.4, -0.2) is 49.6 Å². The van der Waals surface area contributed by atoms with E-state index in [1.54, 1.807) is 38.1 Å². The largest absolute Gasteiger partial charge is 0.461 e. The molecule has 130 valence electrons. The van der Waals surface area contributed by atoms with Crippen LogP contribution in [0.25, 0.3) is 0 Å². The van der Waals surface area contributed by atoms with Crippen LogP contribution < -0.4 is 0 Å². The van der Waals surface area contributed by atoms with Gasteiger partial charge in [-0.2, -0.15) is 5.10 Å². The lowest BCUT2D eigenvalue weighted by atomic mass is 10.0. The minimum absolute atomic E-state index is 0.228. The molecule has 0 spiro atoms. The maximum Gasteiger partial charge on any atom is 0.356 e. The maximum atomic E-state index is 12.1. The first-order valence-electron chi connectivity index (χ1n) is 7.49. The molecule has 0 saturated carbocycles. The molecule has 0 aliphatic heterocycles. The van der Waals surface area contributed by atoms with Gasteiger partial charge in [0.05, 0.1) is 17.2 Å². The SMILES string of the molecule is CCOC(=O)c1[nH]nc(C)c1Cc1ccc(S(=O)(=O)N(C)C)cc1. The molecule has 1 aromatic carbocycles. The van der Waals surface area contributed by atoms with E-state index in [1.807, 2.05) is 0 Å². The highest BCUT2D eigenvalue weighted by Gasteiger charge is 2.20. The van der Waals surface area contributed by atoms with Crippen LogP contribution in [0.1, 0.15) is 34.2 Å². The number of nitrogens with one attached hydrogen (secondary N) is 1. The summed E-state index contributed by atoms with van der Waals surface area (Å²) in [6, 6.07) is 6.59. The van der Waals surface area contributed by atoms with Crippen LogP contribution >= 0.6 is 0 Å². The molecule has 0 saturated heterocycles. The van der Waals surface area contributed by atoms with E-state index in [1.165, 1.54) is 18.4 Å². The normalized spacial score (nSPS) is 11.7. The summed E-state index contributed by atoms with van der Waals surface area (Å²) in [7, 11) is -0.473. The van der Waals surface area contributed by atoms with Gasteiger partial charge in [0, 0.05) is 26.1 Å². The zero-order valence-corrected chi connectivity index (χ0v) is 15.0. The highest BCUT2D eigenvalue weighted by atomic mass is 32.2. The van der Waals surface area contributed by atoms with Gasteiger partial charge in [-0.1, -0.05) is 12.1 Å². The third-order valence-electron chi connectivity index (χ3n) is 3.64. The zero-order valence-electron chi connectivity index (χ0n) is 14.2. The van der Waals surface area contributed by atoms with Gasteiger partial charge in [0.15, 0.2) is 0 Å². The van der Waals surface area contributed by atoms with Crippen molar-refractivity contribution in [2.75, 3.05) is 20.7 Å². The molecule has 2 aromatic rings. The van der Waals surface area contributed by atoms with Gasteiger partial charge in [0.2, 0.25) is 10.0 Å². The van der Waals surface area contributed by atoms with Crippen LogP contribution in [0.2, 0.25) is 0 Å². The molecule has 8 heteroatoms. The molecule has 0 fully saturated rings. The van der Waals surface area contributed by atoms with E-state index in [4.69, 9.17) is 4.74 Å². The van der Waals surface area contributed by atoms with Gasteiger partial charge in [-0.05, 0) is 31.5 Å². The van der Waals surface area contributed by atoms with Crippen LogP contribution in [0.5, 0.6) is 0 Å². The summed E-state index contributed by atoms with van der Waals surface area (Å²) in [5.41, 5.74) is 2.67. The second-order valence-corrected chi connectivity index (χ2v) is 7.64. The number of sulfonamides is 1. The molecular formula is C16H21N3O4S. The second-order valence-electron chi connectivity index (χ2n) is 5.49. The Morgan fingerprint density at radius 1 is 1.25 bits per heavy atom. The van der Waals surface area contributed by atoms with E-state index in [0.717, 1.165) is 11.1 Å². The average Bonchev–Trinajstić information content (AvgIpc) is 2.89. The Morgan fingerprint density at radius 2 is 1.88 bits per heavy atom. The molecule has 0 radical (unpaired) electrons. The Hall–Kier alpha value is -2.19. The number of nitrogens with zero attached hydrogens (tertiary/aromatic N) is 2. The lowest BCUT2D eigenvalue weighted by Gasteiger charge is -2.11. The van der Waals surface area contributed by atoms with Crippen LogP contribution in [0.15, 0.2) is 29.2 Å². The van der Waals surface area contributed by atoms with Gasteiger partial charge in [-0.3, -0.25) is 5.10 Å². The van der Waals surface area contributed by atoms with Gasteiger partial charge in [0.25, 0.3) is 0 Å². The Balaban J connectivity index is 2.27. The molecule has 1 heterocycles. The third-order valence-corrected chi connectivity index (χ3v) is 5.47. The second kappa shape index (κ2) is 7.14. The van der Waals surface area contributed by atoms with Crippen molar-refractivity contribution >= 4 is 16.0 Å². The van der Waals surface area contributed by atoms with Gasteiger partial charge in [-0.15, -0.1) is 0 Å². The lowest BCUT2D eigenvalue weighted by Crippen LogP contribution is -2.22. The van der Waals surface area contributed by atoms with Crippen molar-refractivity contribution in [3.05, 3.63) is 46.8 Å². The molecule has 0 aliphatic rings. The van der Waals surface area contributed by atoms with Crippen molar-refractivity contribution in [1.82, 2.24) is 14.5 Å². The number of carbonyl (C=O) groups excluding carboxylic acids is 1. The fraction of sp³-hybridized carbons (Fsp3) is 0.375. The number of aryl methyl sites for hydroxylation is 1. The number of hydrogen-bond acceptors (Lipinski definition) is 5. The molecule has 0 bridgehead atoms. The number of rotatable bonds is 6. The minimum Gasteiger partial charge on any atom is -0.461 e. The number of esters is 1. The molecule has 7 nitrogen and oxygen atoms in total. The fourth-order valence-corrected chi connectivity index (χ4v) is 3.14. The molecule has 0 unspecified atom stereocenters. The number of carbonyl (C=O) groups is 1. The number of aromatic amines is 1. The predicted molar refractivity (Wildman–Crippen MR) is 89.4 cm³/mol. The van der Waals surface area contributed by atoms with Gasteiger partial charge in [-0.25, -0.2) is 17.5 Å².